The molecule has 0 saturated heterocycles. The second-order valence-corrected chi connectivity index (χ2v) is 4.80. The molecule has 102 valence electrons. The van der Waals surface area contributed by atoms with Crippen molar-refractivity contribution in [1.82, 2.24) is 4.98 Å². The standard InChI is InChI=1S/C17H11ClN2O/c18-10-12-3-6-17(14(8-12)11-19)21-15-5-4-13-2-1-7-20-16(13)9-15/h1-9H,10H2. The predicted molar refractivity (Wildman–Crippen MR) is 82.5 cm³/mol. The zero-order valence-electron chi connectivity index (χ0n) is 11.1. The molecule has 0 aliphatic carbocycles. The van der Waals surface area contributed by atoms with Crippen LogP contribution < -0.4 is 4.74 Å². The summed E-state index contributed by atoms with van der Waals surface area (Å²) < 4.78 is 5.80. The fourth-order valence-corrected chi connectivity index (χ4v) is 2.24. The molecule has 0 radical (unpaired) electrons. The maximum Gasteiger partial charge on any atom is 0.145 e. The van der Waals surface area contributed by atoms with Gasteiger partial charge in [0, 0.05) is 23.5 Å². The first kappa shape index (κ1) is 13.4. The van der Waals surface area contributed by atoms with Crippen LogP contribution in [0.15, 0.2) is 54.7 Å². The van der Waals surface area contributed by atoms with Crippen molar-refractivity contribution in [3.63, 3.8) is 0 Å². The van der Waals surface area contributed by atoms with Gasteiger partial charge in [0.15, 0.2) is 0 Å². The largest absolute Gasteiger partial charge is 0.456 e. The maximum absolute atomic E-state index is 9.20. The van der Waals surface area contributed by atoms with Crippen molar-refractivity contribution in [1.29, 1.82) is 5.26 Å². The maximum atomic E-state index is 9.20. The zero-order valence-corrected chi connectivity index (χ0v) is 11.8. The minimum Gasteiger partial charge on any atom is -0.456 e. The predicted octanol–water partition coefficient (Wildman–Crippen LogP) is 4.64. The van der Waals surface area contributed by atoms with Gasteiger partial charge < -0.3 is 4.74 Å². The number of rotatable bonds is 3. The molecule has 2 aromatic carbocycles. The molecule has 0 saturated carbocycles. The van der Waals surface area contributed by atoms with Gasteiger partial charge in [-0.15, -0.1) is 11.6 Å². The zero-order chi connectivity index (χ0) is 14.7. The van der Waals surface area contributed by atoms with Gasteiger partial charge in [0.05, 0.1) is 11.1 Å². The van der Waals surface area contributed by atoms with E-state index in [9.17, 15) is 5.26 Å². The Morgan fingerprint density at radius 1 is 1.14 bits per heavy atom. The number of hydrogen-bond acceptors (Lipinski definition) is 3. The molecule has 1 heterocycles. The number of pyridine rings is 1. The van der Waals surface area contributed by atoms with Crippen LogP contribution in [0.1, 0.15) is 11.1 Å². The van der Waals surface area contributed by atoms with Gasteiger partial charge in [-0.1, -0.05) is 12.1 Å². The number of halogens is 1. The Balaban J connectivity index is 1.96. The van der Waals surface area contributed by atoms with Crippen LogP contribution in [-0.4, -0.2) is 4.98 Å². The number of benzene rings is 2. The molecular weight excluding hydrogens is 284 g/mol. The molecular formula is C17H11ClN2O. The van der Waals surface area contributed by atoms with Crippen LogP contribution >= 0.6 is 11.6 Å². The first-order valence-corrected chi connectivity index (χ1v) is 6.95. The molecule has 0 unspecified atom stereocenters. The SMILES string of the molecule is N#Cc1cc(CCl)ccc1Oc1ccc2cccnc2c1. The van der Waals surface area contributed by atoms with E-state index >= 15 is 0 Å². The normalized spacial score (nSPS) is 10.3. The molecule has 0 aliphatic heterocycles. The molecule has 3 rings (SSSR count). The summed E-state index contributed by atoms with van der Waals surface area (Å²) >= 11 is 5.78. The van der Waals surface area contributed by atoms with E-state index in [0.717, 1.165) is 16.5 Å². The summed E-state index contributed by atoms with van der Waals surface area (Å²) in [5, 5.41) is 10.2. The lowest BCUT2D eigenvalue weighted by molar-refractivity contribution is 0.481. The topological polar surface area (TPSA) is 45.9 Å². The first-order valence-electron chi connectivity index (χ1n) is 6.42. The summed E-state index contributed by atoms with van der Waals surface area (Å²) in [4.78, 5) is 4.29. The van der Waals surface area contributed by atoms with E-state index in [1.165, 1.54) is 0 Å². The van der Waals surface area contributed by atoms with Crippen LogP contribution in [0.5, 0.6) is 11.5 Å². The van der Waals surface area contributed by atoms with Gasteiger partial charge >= 0.3 is 0 Å². The Labute approximate surface area is 127 Å². The fraction of sp³-hybridized carbons (Fsp3) is 0.0588. The van der Waals surface area contributed by atoms with Crippen molar-refractivity contribution in [2.24, 2.45) is 0 Å². The number of nitrogens with zero attached hydrogens (tertiary/aromatic N) is 2. The molecule has 0 N–H and O–H groups in total. The molecule has 0 spiro atoms. The number of nitriles is 1. The number of hydrogen-bond donors (Lipinski definition) is 0. The molecule has 3 aromatic rings. The molecule has 0 atom stereocenters. The van der Waals surface area contributed by atoms with E-state index in [2.05, 4.69) is 11.1 Å². The van der Waals surface area contributed by atoms with Gasteiger partial charge in [-0.2, -0.15) is 5.26 Å². The number of ether oxygens (including phenoxy) is 1. The highest BCUT2D eigenvalue weighted by Gasteiger charge is 2.07. The van der Waals surface area contributed by atoms with E-state index in [1.54, 1.807) is 18.3 Å². The first-order chi connectivity index (χ1) is 10.3. The molecule has 4 heteroatoms. The number of alkyl halides is 1. The summed E-state index contributed by atoms with van der Waals surface area (Å²) in [7, 11) is 0. The number of aromatic nitrogens is 1. The van der Waals surface area contributed by atoms with Gasteiger partial charge in [-0.25, -0.2) is 0 Å². The summed E-state index contributed by atoms with van der Waals surface area (Å²) in [5.41, 5.74) is 2.21. The van der Waals surface area contributed by atoms with Gasteiger partial charge in [0.25, 0.3) is 0 Å². The van der Waals surface area contributed by atoms with Crippen LogP contribution in [0.3, 0.4) is 0 Å². The van der Waals surface area contributed by atoms with Crippen molar-refractivity contribution < 1.29 is 4.74 Å². The van der Waals surface area contributed by atoms with E-state index in [-0.39, 0.29) is 0 Å². The highest BCUT2D eigenvalue weighted by atomic mass is 35.5. The van der Waals surface area contributed by atoms with Crippen LogP contribution in [0.4, 0.5) is 0 Å². The smallest absolute Gasteiger partial charge is 0.145 e. The second kappa shape index (κ2) is 5.82. The summed E-state index contributed by atoms with van der Waals surface area (Å²) in [6, 6.07) is 17.0. The van der Waals surface area contributed by atoms with Crippen molar-refractivity contribution in [3.05, 3.63) is 65.9 Å². The highest BCUT2D eigenvalue weighted by molar-refractivity contribution is 6.17. The summed E-state index contributed by atoms with van der Waals surface area (Å²) in [5.74, 6) is 1.53. The van der Waals surface area contributed by atoms with Gasteiger partial charge in [0.2, 0.25) is 0 Å². The Hall–Kier alpha value is -2.57. The number of fused-ring (bicyclic) bond motifs is 1. The van der Waals surface area contributed by atoms with E-state index in [1.807, 2.05) is 36.4 Å². The van der Waals surface area contributed by atoms with Crippen molar-refractivity contribution >= 4 is 22.5 Å². The van der Waals surface area contributed by atoms with Crippen molar-refractivity contribution in [2.75, 3.05) is 0 Å². The third-order valence-corrected chi connectivity index (χ3v) is 3.43. The van der Waals surface area contributed by atoms with Gasteiger partial charge in [0.1, 0.15) is 17.6 Å². The summed E-state index contributed by atoms with van der Waals surface area (Å²) in [6.07, 6.45) is 1.74. The lowest BCUT2D eigenvalue weighted by Crippen LogP contribution is -1.90. The molecule has 0 fully saturated rings. The molecule has 0 amide bonds. The average molecular weight is 295 g/mol. The minimum atomic E-state index is 0.370. The van der Waals surface area contributed by atoms with Gasteiger partial charge in [-0.3, -0.25) is 4.98 Å². The Kier molecular flexibility index (Phi) is 3.72. The van der Waals surface area contributed by atoms with E-state index in [4.69, 9.17) is 16.3 Å². The Bertz CT molecular complexity index is 840. The average Bonchev–Trinajstić information content (AvgIpc) is 2.55. The van der Waals surface area contributed by atoms with Crippen LogP contribution in [-0.2, 0) is 5.88 Å². The monoisotopic (exact) mass is 294 g/mol. The van der Waals surface area contributed by atoms with Crippen molar-refractivity contribution in [3.8, 4) is 17.6 Å². The Morgan fingerprint density at radius 2 is 2.05 bits per heavy atom. The van der Waals surface area contributed by atoms with E-state index in [0.29, 0.717) is 22.9 Å². The molecule has 0 aliphatic rings. The second-order valence-electron chi connectivity index (χ2n) is 4.54. The van der Waals surface area contributed by atoms with Crippen molar-refractivity contribution in [2.45, 2.75) is 5.88 Å². The summed E-state index contributed by atoms with van der Waals surface area (Å²) in [6.45, 7) is 0. The van der Waals surface area contributed by atoms with E-state index < -0.39 is 0 Å². The fourth-order valence-electron chi connectivity index (χ4n) is 2.07. The quantitative estimate of drug-likeness (QED) is 0.661. The lowest BCUT2D eigenvalue weighted by Gasteiger charge is -2.09. The molecule has 21 heavy (non-hydrogen) atoms. The Morgan fingerprint density at radius 3 is 2.86 bits per heavy atom. The van der Waals surface area contributed by atoms with Crippen LogP contribution in [0, 0.1) is 11.3 Å². The minimum absolute atomic E-state index is 0.370. The van der Waals surface area contributed by atoms with Gasteiger partial charge in [-0.05, 0) is 35.9 Å². The third-order valence-electron chi connectivity index (χ3n) is 3.12. The lowest BCUT2D eigenvalue weighted by atomic mass is 10.1. The van der Waals surface area contributed by atoms with Crippen LogP contribution in [0.2, 0.25) is 0 Å². The highest BCUT2D eigenvalue weighted by Crippen LogP contribution is 2.28. The molecule has 0 bridgehead atoms. The third kappa shape index (κ3) is 2.81. The molecule has 1 aromatic heterocycles. The molecule has 3 nitrogen and oxygen atoms in total. The van der Waals surface area contributed by atoms with Crippen LogP contribution in [0.25, 0.3) is 10.9 Å².